The molecule has 4 aromatic rings. The van der Waals surface area contributed by atoms with Crippen molar-refractivity contribution in [3.63, 3.8) is 0 Å². The van der Waals surface area contributed by atoms with E-state index in [1.165, 1.54) is 49.4 Å². The Morgan fingerprint density at radius 2 is 1.88 bits per heavy atom. The van der Waals surface area contributed by atoms with Gasteiger partial charge in [-0.25, -0.2) is 0 Å². The molecule has 0 radical (unpaired) electrons. The maximum Gasteiger partial charge on any atom is 0.0652 e. The fraction of sp³-hybridized carbons (Fsp3) is 0.273. The van der Waals surface area contributed by atoms with Crippen molar-refractivity contribution in [3.05, 3.63) is 62.8 Å². The molecule has 0 spiro atoms. The molecule has 0 atom stereocenters. The van der Waals surface area contributed by atoms with Gasteiger partial charge in [0.2, 0.25) is 0 Å². The quantitative estimate of drug-likeness (QED) is 0.414. The van der Waals surface area contributed by atoms with Crippen LogP contribution in [-0.2, 0) is 13.0 Å². The van der Waals surface area contributed by atoms with Crippen LogP contribution in [0.2, 0.25) is 0 Å². The highest BCUT2D eigenvalue weighted by atomic mass is 32.1. The second kappa shape index (κ2) is 6.08. The average Bonchev–Trinajstić information content (AvgIpc) is 3.31. The van der Waals surface area contributed by atoms with Gasteiger partial charge in [0, 0.05) is 51.8 Å². The zero-order chi connectivity index (χ0) is 17.8. The van der Waals surface area contributed by atoms with E-state index in [1.54, 1.807) is 11.3 Å². The molecule has 0 unspecified atom stereocenters. The molecule has 1 aliphatic rings. The van der Waals surface area contributed by atoms with Gasteiger partial charge in [0.25, 0.3) is 0 Å². The van der Waals surface area contributed by atoms with Crippen molar-refractivity contribution < 1.29 is 0 Å². The highest BCUT2D eigenvalue weighted by molar-refractivity contribution is 7.14. The predicted molar refractivity (Wildman–Crippen MR) is 114 cm³/mol. The number of thiophene rings is 2. The number of aryl methyl sites for hydroxylation is 2. The topological polar surface area (TPSA) is 8.17 Å². The molecule has 4 heteroatoms. The summed E-state index contributed by atoms with van der Waals surface area (Å²) >= 11 is 3.66. The van der Waals surface area contributed by atoms with E-state index in [0.29, 0.717) is 0 Å². The van der Waals surface area contributed by atoms with Gasteiger partial charge in [-0.15, -0.1) is 22.7 Å². The van der Waals surface area contributed by atoms with Gasteiger partial charge in [-0.1, -0.05) is 11.6 Å². The Hall–Kier alpha value is -1.88. The van der Waals surface area contributed by atoms with Crippen molar-refractivity contribution >= 4 is 33.6 Å². The zero-order valence-corrected chi connectivity index (χ0v) is 17.0. The lowest BCUT2D eigenvalue weighted by Crippen LogP contribution is -2.27. The van der Waals surface area contributed by atoms with E-state index in [9.17, 15) is 0 Å². The van der Waals surface area contributed by atoms with E-state index in [1.807, 2.05) is 11.3 Å². The van der Waals surface area contributed by atoms with Crippen LogP contribution in [0.3, 0.4) is 0 Å². The highest BCUT2D eigenvalue weighted by Gasteiger charge is 2.24. The van der Waals surface area contributed by atoms with Gasteiger partial charge in [-0.05, 0) is 55.6 Å². The Balaban J connectivity index is 1.80. The van der Waals surface area contributed by atoms with Crippen LogP contribution >= 0.6 is 22.7 Å². The fourth-order valence-corrected chi connectivity index (χ4v) is 5.92. The van der Waals surface area contributed by atoms with E-state index in [4.69, 9.17) is 0 Å². The van der Waals surface area contributed by atoms with E-state index in [-0.39, 0.29) is 0 Å². The maximum atomic E-state index is 2.54. The van der Waals surface area contributed by atoms with Gasteiger partial charge < -0.3 is 9.47 Å². The second-order valence-electron chi connectivity index (χ2n) is 7.43. The number of benzene rings is 1. The molecule has 0 amide bonds. The molecule has 3 aromatic heterocycles. The number of fused-ring (bicyclic) bond motifs is 3. The molecule has 0 fully saturated rings. The Bertz CT molecular complexity index is 1110. The minimum atomic E-state index is 1.04. The number of hydrogen-bond acceptors (Lipinski definition) is 3. The minimum absolute atomic E-state index is 1.04. The summed E-state index contributed by atoms with van der Waals surface area (Å²) in [6.45, 7) is 6.54. The van der Waals surface area contributed by atoms with Crippen molar-refractivity contribution in [2.24, 2.45) is 0 Å². The number of hydrogen-bond donors (Lipinski definition) is 0. The Morgan fingerprint density at radius 1 is 1.00 bits per heavy atom. The third-order valence-corrected chi connectivity index (χ3v) is 7.19. The highest BCUT2D eigenvalue weighted by Crippen LogP contribution is 2.40. The van der Waals surface area contributed by atoms with Crippen LogP contribution < -0.4 is 0 Å². The molecular weight excluding hydrogens is 356 g/mol. The van der Waals surface area contributed by atoms with Crippen LogP contribution in [0.25, 0.3) is 27.0 Å². The van der Waals surface area contributed by atoms with E-state index >= 15 is 0 Å². The molecule has 26 heavy (non-hydrogen) atoms. The van der Waals surface area contributed by atoms with Gasteiger partial charge in [0.1, 0.15) is 0 Å². The van der Waals surface area contributed by atoms with E-state index < -0.39 is 0 Å². The average molecular weight is 379 g/mol. The molecule has 0 saturated heterocycles. The van der Waals surface area contributed by atoms with Gasteiger partial charge in [0.15, 0.2) is 0 Å². The first-order valence-corrected chi connectivity index (χ1v) is 10.9. The number of rotatable bonds is 2. The Kier molecular flexibility index (Phi) is 3.82. The smallest absolute Gasteiger partial charge is 0.0652 e. The molecule has 2 nitrogen and oxygen atoms in total. The van der Waals surface area contributed by atoms with Crippen LogP contribution in [0.1, 0.15) is 22.4 Å². The molecule has 0 N–H and O–H groups in total. The van der Waals surface area contributed by atoms with Crippen LogP contribution in [0.4, 0.5) is 0 Å². The minimum Gasteiger partial charge on any atom is -0.312 e. The van der Waals surface area contributed by atoms with E-state index in [0.717, 1.165) is 19.5 Å². The lowest BCUT2D eigenvalue weighted by atomic mass is 10.0. The van der Waals surface area contributed by atoms with Crippen LogP contribution in [-0.4, -0.2) is 23.1 Å². The van der Waals surface area contributed by atoms with Gasteiger partial charge in [-0.2, -0.15) is 0 Å². The van der Waals surface area contributed by atoms with Crippen molar-refractivity contribution in [2.45, 2.75) is 26.8 Å². The summed E-state index contributed by atoms with van der Waals surface area (Å²) in [5.41, 5.74) is 9.75. The molecular formula is C22H22N2S2. The molecule has 4 heterocycles. The first kappa shape index (κ1) is 16.3. The van der Waals surface area contributed by atoms with Crippen LogP contribution in [0.5, 0.6) is 0 Å². The number of nitrogens with zero attached hydrogens (tertiary/aromatic N) is 2. The first-order valence-electron chi connectivity index (χ1n) is 9.05. The van der Waals surface area contributed by atoms with Crippen molar-refractivity contribution in [2.75, 3.05) is 13.6 Å². The molecule has 0 saturated carbocycles. The molecule has 5 rings (SSSR count). The third kappa shape index (κ3) is 2.48. The summed E-state index contributed by atoms with van der Waals surface area (Å²) in [7, 11) is 2.23. The van der Waals surface area contributed by atoms with Gasteiger partial charge >= 0.3 is 0 Å². The lowest BCUT2D eigenvalue weighted by Gasteiger charge is -2.24. The second-order valence-corrected chi connectivity index (χ2v) is 9.08. The summed E-state index contributed by atoms with van der Waals surface area (Å²) in [4.78, 5) is 3.81. The normalized spacial score (nSPS) is 14.9. The van der Waals surface area contributed by atoms with Crippen molar-refractivity contribution in [1.82, 2.24) is 9.47 Å². The Labute approximate surface area is 162 Å². The zero-order valence-electron chi connectivity index (χ0n) is 15.4. The van der Waals surface area contributed by atoms with Gasteiger partial charge in [-0.3, -0.25) is 0 Å². The Morgan fingerprint density at radius 3 is 2.69 bits per heavy atom. The monoisotopic (exact) mass is 378 g/mol. The van der Waals surface area contributed by atoms with Crippen LogP contribution in [0, 0.1) is 13.8 Å². The molecule has 1 aromatic carbocycles. The standard InChI is InChI=1S/C22H22N2S2/c1-14-4-5-19-16(8-14)17-10-23(3)7-6-20(17)24(19)21-13-25-12-18(21)22-9-15(2)11-26-22/h4-5,8-9,11-13H,6-7,10H2,1-3H3. The van der Waals surface area contributed by atoms with Crippen molar-refractivity contribution in [1.29, 1.82) is 0 Å². The third-order valence-electron chi connectivity index (χ3n) is 5.37. The molecule has 0 bridgehead atoms. The summed E-state index contributed by atoms with van der Waals surface area (Å²) < 4.78 is 2.54. The summed E-state index contributed by atoms with van der Waals surface area (Å²) in [6.07, 6.45) is 1.11. The summed E-state index contributed by atoms with van der Waals surface area (Å²) in [5, 5.41) is 8.30. The first-order chi connectivity index (χ1) is 12.6. The van der Waals surface area contributed by atoms with Gasteiger partial charge in [0.05, 0.1) is 11.2 Å². The van der Waals surface area contributed by atoms with Crippen LogP contribution in [0.15, 0.2) is 40.4 Å². The predicted octanol–water partition coefficient (Wildman–Crippen LogP) is 6.03. The van der Waals surface area contributed by atoms with E-state index in [2.05, 4.69) is 70.8 Å². The summed E-state index contributed by atoms with van der Waals surface area (Å²) in [6, 6.07) is 9.23. The number of likely N-dealkylation sites (N-methyl/N-ethyl adjacent to an activating group) is 1. The maximum absolute atomic E-state index is 2.54. The molecule has 132 valence electrons. The summed E-state index contributed by atoms with van der Waals surface area (Å²) in [5.74, 6) is 0. The lowest BCUT2D eigenvalue weighted by molar-refractivity contribution is 0.311. The SMILES string of the molecule is Cc1csc(-c2cscc2-n2c3c(c4cc(C)ccc42)CN(C)CC3)c1. The largest absolute Gasteiger partial charge is 0.312 e. The van der Waals surface area contributed by atoms with Crippen molar-refractivity contribution in [3.8, 4) is 16.1 Å². The molecule has 1 aliphatic heterocycles. The fourth-order valence-electron chi connectivity index (χ4n) is 4.10. The number of aromatic nitrogens is 1. The molecule has 0 aliphatic carbocycles.